The van der Waals surface area contributed by atoms with Crippen molar-refractivity contribution >= 4 is 15.9 Å². The van der Waals surface area contributed by atoms with Gasteiger partial charge in [0.15, 0.2) is 0 Å². The fourth-order valence-corrected chi connectivity index (χ4v) is 3.45. The maximum absolute atomic E-state index is 13.6. The molecule has 17 heavy (non-hydrogen) atoms. The molecule has 4 heteroatoms. The fourth-order valence-electron chi connectivity index (χ4n) is 2.48. The minimum Gasteiger partial charge on any atom is -0.207 e. The van der Waals surface area contributed by atoms with E-state index < -0.39 is 17.5 Å². The van der Waals surface area contributed by atoms with Gasteiger partial charge in [0, 0.05) is 22.5 Å². The van der Waals surface area contributed by atoms with E-state index in [4.69, 9.17) is 0 Å². The summed E-state index contributed by atoms with van der Waals surface area (Å²) >= 11 is 3.37. The molecule has 0 radical (unpaired) electrons. The lowest BCUT2D eigenvalue weighted by Crippen LogP contribution is -2.14. The van der Waals surface area contributed by atoms with E-state index in [0.29, 0.717) is 0 Å². The van der Waals surface area contributed by atoms with Crippen LogP contribution in [0.15, 0.2) is 12.1 Å². The van der Waals surface area contributed by atoms with Crippen molar-refractivity contribution in [3.63, 3.8) is 0 Å². The van der Waals surface area contributed by atoms with Crippen molar-refractivity contribution in [2.24, 2.45) is 5.92 Å². The molecule has 1 aromatic carbocycles. The van der Waals surface area contributed by atoms with Crippen molar-refractivity contribution in [3.05, 3.63) is 35.1 Å². The molecule has 0 aliphatic heterocycles. The normalized spacial score (nSPS) is 19.3. The fraction of sp³-hybridized carbons (Fsp3) is 0.538. The van der Waals surface area contributed by atoms with Crippen LogP contribution in [0.25, 0.3) is 0 Å². The Balaban J connectivity index is 2.26. The van der Waals surface area contributed by atoms with Crippen molar-refractivity contribution < 1.29 is 13.2 Å². The molecule has 0 bridgehead atoms. The summed E-state index contributed by atoms with van der Waals surface area (Å²) in [6.07, 6.45) is 5.30. The van der Waals surface area contributed by atoms with Gasteiger partial charge in [-0.15, -0.1) is 0 Å². The largest absolute Gasteiger partial charge is 0.207 e. The highest BCUT2D eigenvalue weighted by Gasteiger charge is 2.27. The Morgan fingerprint density at radius 3 is 2.06 bits per heavy atom. The molecule has 0 aromatic heterocycles. The molecule has 0 N–H and O–H groups in total. The van der Waals surface area contributed by atoms with Gasteiger partial charge in [-0.3, -0.25) is 0 Å². The molecule has 94 valence electrons. The van der Waals surface area contributed by atoms with E-state index in [9.17, 15) is 13.2 Å². The Morgan fingerprint density at radius 2 is 1.53 bits per heavy atom. The van der Waals surface area contributed by atoms with Gasteiger partial charge < -0.3 is 0 Å². The summed E-state index contributed by atoms with van der Waals surface area (Å²) in [7, 11) is 0. The maximum atomic E-state index is 13.6. The van der Waals surface area contributed by atoms with Crippen LogP contribution in [0.1, 0.15) is 42.5 Å². The highest BCUT2D eigenvalue weighted by atomic mass is 79.9. The summed E-state index contributed by atoms with van der Waals surface area (Å²) in [6.45, 7) is 0. The molecule has 1 aliphatic rings. The van der Waals surface area contributed by atoms with Gasteiger partial charge in [0.2, 0.25) is 0 Å². The SMILES string of the molecule is Fc1cc(F)c(C(Br)C2CCCCC2)c(F)c1. The van der Waals surface area contributed by atoms with Crippen LogP contribution in [0.4, 0.5) is 13.2 Å². The first-order valence-electron chi connectivity index (χ1n) is 5.88. The quantitative estimate of drug-likeness (QED) is 0.665. The zero-order valence-electron chi connectivity index (χ0n) is 9.36. The predicted octanol–water partition coefficient (Wildman–Crippen LogP) is 5.12. The van der Waals surface area contributed by atoms with Crippen LogP contribution in [0.3, 0.4) is 0 Å². The number of rotatable bonds is 2. The summed E-state index contributed by atoms with van der Waals surface area (Å²) in [5.41, 5.74) is -0.0294. The first-order chi connectivity index (χ1) is 8.09. The monoisotopic (exact) mass is 306 g/mol. The number of hydrogen-bond donors (Lipinski definition) is 0. The minimum absolute atomic E-state index is 0.0294. The van der Waals surface area contributed by atoms with Gasteiger partial charge >= 0.3 is 0 Å². The van der Waals surface area contributed by atoms with Gasteiger partial charge in [-0.2, -0.15) is 0 Å². The maximum Gasteiger partial charge on any atom is 0.133 e. The van der Waals surface area contributed by atoms with Gasteiger partial charge in [0.1, 0.15) is 17.5 Å². The molecule has 0 spiro atoms. The van der Waals surface area contributed by atoms with Gasteiger partial charge in [0.25, 0.3) is 0 Å². The van der Waals surface area contributed by atoms with E-state index in [1.165, 1.54) is 6.42 Å². The lowest BCUT2D eigenvalue weighted by Gasteiger charge is -2.27. The van der Waals surface area contributed by atoms with Crippen molar-refractivity contribution in [2.75, 3.05) is 0 Å². The van der Waals surface area contributed by atoms with Crippen molar-refractivity contribution in [1.29, 1.82) is 0 Å². The summed E-state index contributed by atoms with van der Waals surface area (Å²) in [5.74, 6) is -2.23. The Bertz CT molecular complexity index is 377. The molecule has 2 rings (SSSR count). The van der Waals surface area contributed by atoms with Crippen LogP contribution >= 0.6 is 15.9 Å². The van der Waals surface area contributed by atoms with Crippen molar-refractivity contribution in [2.45, 2.75) is 36.9 Å². The van der Waals surface area contributed by atoms with Crippen LogP contribution in [-0.2, 0) is 0 Å². The zero-order valence-corrected chi connectivity index (χ0v) is 10.9. The minimum atomic E-state index is -0.868. The Labute approximate surface area is 107 Å². The Hall–Kier alpha value is -0.510. The Kier molecular flexibility index (Phi) is 4.13. The molecule has 0 heterocycles. The third kappa shape index (κ3) is 2.84. The molecule has 1 atom stereocenters. The van der Waals surface area contributed by atoms with E-state index in [-0.39, 0.29) is 16.3 Å². The molecule has 1 saturated carbocycles. The highest BCUT2D eigenvalue weighted by molar-refractivity contribution is 9.09. The molecule has 0 saturated heterocycles. The number of alkyl halides is 1. The third-order valence-corrected chi connectivity index (χ3v) is 4.59. The second kappa shape index (κ2) is 5.42. The number of halogens is 4. The second-order valence-corrected chi connectivity index (χ2v) is 5.57. The number of benzene rings is 1. The molecule has 0 nitrogen and oxygen atoms in total. The summed E-state index contributed by atoms with van der Waals surface area (Å²) < 4.78 is 40.0. The first-order valence-corrected chi connectivity index (χ1v) is 6.79. The molecular weight excluding hydrogens is 293 g/mol. The third-order valence-electron chi connectivity index (χ3n) is 3.38. The first kappa shape index (κ1) is 12.9. The molecule has 0 amide bonds. The van der Waals surface area contributed by atoms with E-state index in [1.54, 1.807) is 0 Å². The molecule has 1 aliphatic carbocycles. The van der Waals surface area contributed by atoms with Gasteiger partial charge in [-0.1, -0.05) is 35.2 Å². The smallest absolute Gasteiger partial charge is 0.133 e. The van der Waals surface area contributed by atoms with Gasteiger partial charge in [-0.05, 0) is 18.8 Å². The van der Waals surface area contributed by atoms with Crippen LogP contribution in [0, 0.1) is 23.4 Å². The van der Waals surface area contributed by atoms with E-state index in [0.717, 1.165) is 37.8 Å². The van der Waals surface area contributed by atoms with Gasteiger partial charge in [-0.25, -0.2) is 13.2 Å². The molecular formula is C13H14BrF3. The average Bonchev–Trinajstić information content (AvgIpc) is 2.28. The molecule has 1 unspecified atom stereocenters. The lowest BCUT2D eigenvalue weighted by atomic mass is 9.84. The summed E-state index contributed by atoms with van der Waals surface area (Å²) in [4.78, 5) is -0.358. The standard InChI is InChI=1S/C13H14BrF3/c14-13(8-4-2-1-3-5-8)12-10(16)6-9(15)7-11(12)17/h6-8,13H,1-5H2. The highest BCUT2D eigenvalue weighted by Crippen LogP contribution is 2.41. The number of hydrogen-bond acceptors (Lipinski definition) is 0. The van der Waals surface area contributed by atoms with Crippen LogP contribution in [0.2, 0.25) is 0 Å². The zero-order chi connectivity index (χ0) is 12.4. The van der Waals surface area contributed by atoms with Gasteiger partial charge in [0.05, 0.1) is 0 Å². The summed E-state index contributed by atoms with van der Waals surface area (Å²) in [6, 6.07) is 1.49. The van der Waals surface area contributed by atoms with Crippen LogP contribution in [-0.4, -0.2) is 0 Å². The topological polar surface area (TPSA) is 0 Å². The average molecular weight is 307 g/mol. The van der Waals surface area contributed by atoms with E-state index in [1.807, 2.05) is 0 Å². The van der Waals surface area contributed by atoms with E-state index in [2.05, 4.69) is 15.9 Å². The second-order valence-electron chi connectivity index (χ2n) is 4.58. The molecule has 1 aromatic rings. The van der Waals surface area contributed by atoms with Crippen molar-refractivity contribution in [1.82, 2.24) is 0 Å². The summed E-state index contributed by atoms with van der Waals surface area (Å²) in [5, 5.41) is 0. The Morgan fingerprint density at radius 1 is 1.00 bits per heavy atom. The predicted molar refractivity (Wildman–Crippen MR) is 64.6 cm³/mol. The van der Waals surface area contributed by atoms with E-state index >= 15 is 0 Å². The lowest BCUT2D eigenvalue weighted by molar-refractivity contribution is 0.345. The van der Waals surface area contributed by atoms with Crippen LogP contribution < -0.4 is 0 Å². The molecule has 1 fully saturated rings. The van der Waals surface area contributed by atoms with Crippen LogP contribution in [0.5, 0.6) is 0 Å². The van der Waals surface area contributed by atoms with Crippen molar-refractivity contribution in [3.8, 4) is 0 Å².